The van der Waals surface area contributed by atoms with Crippen molar-refractivity contribution in [1.82, 2.24) is 10.2 Å². The summed E-state index contributed by atoms with van der Waals surface area (Å²) in [6.45, 7) is 4.18. The number of amides is 2. The van der Waals surface area contributed by atoms with Crippen LogP contribution in [0.25, 0.3) is 0 Å². The predicted octanol–water partition coefficient (Wildman–Crippen LogP) is 2.90. The highest BCUT2D eigenvalue weighted by Crippen LogP contribution is 2.11. The first kappa shape index (κ1) is 16.8. The summed E-state index contributed by atoms with van der Waals surface area (Å²) >= 11 is 0. The van der Waals surface area contributed by atoms with Gasteiger partial charge in [0.25, 0.3) is 0 Å². The quantitative estimate of drug-likeness (QED) is 0.854. The number of nitrogens with zero attached hydrogens (tertiary/aromatic N) is 1. The molecule has 0 saturated heterocycles. The van der Waals surface area contributed by atoms with Crippen LogP contribution in [0.3, 0.4) is 0 Å². The molecule has 122 valence electrons. The number of nitrogens with one attached hydrogen (secondary N) is 1. The molecule has 1 N–H and O–H groups in total. The van der Waals surface area contributed by atoms with Gasteiger partial charge in [-0.2, -0.15) is 0 Å². The molecule has 5 heteroatoms. The number of hydrogen-bond donors (Lipinski definition) is 1. The zero-order chi connectivity index (χ0) is 16.7. The lowest BCUT2D eigenvalue weighted by atomic mass is 10.1. The van der Waals surface area contributed by atoms with Gasteiger partial charge in [-0.1, -0.05) is 30.3 Å². The van der Waals surface area contributed by atoms with Crippen molar-refractivity contribution in [2.75, 3.05) is 6.54 Å². The molecule has 2 rings (SSSR count). The van der Waals surface area contributed by atoms with Crippen LogP contribution in [0.4, 0.5) is 0 Å². The fourth-order valence-corrected chi connectivity index (χ4v) is 2.31. The Morgan fingerprint density at radius 2 is 1.91 bits per heavy atom. The second kappa shape index (κ2) is 8.17. The van der Waals surface area contributed by atoms with Crippen LogP contribution in [-0.4, -0.2) is 23.3 Å². The van der Waals surface area contributed by atoms with Crippen LogP contribution in [-0.2, 0) is 16.1 Å². The molecule has 0 spiro atoms. The van der Waals surface area contributed by atoms with Gasteiger partial charge in [-0.05, 0) is 24.6 Å². The van der Waals surface area contributed by atoms with Gasteiger partial charge in [0.05, 0.1) is 18.8 Å². The van der Waals surface area contributed by atoms with E-state index in [1.165, 1.54) is 6.92 Å². The van der Waals surface area contributed by atoms with Crippen molar-refractivity contribution in [2.24, 2.45) is 0 Å². The van der Waals surface area contributed by atoms with Crippen LogP contribution < -0.4 is 5.32 Å². The summed E-state index contributed by atoms with van der Waals surface area (Å²) in [5.74, 6) is 0.551. The molecular formula is C18H22N2O3. The fraction of sp³-hybridized carbons (Fsp3) is 0.333. The zero-order valence-corrected chi connectivity index (χ0v) is 13.5. The highest BCUT2D eigenvalue weighted by molar-refractivity contribution is 5.78. The Kier molecular flexibility index (Phi) is 5.97. The lowest BCUT2D eigenvalue weighted by Gasteiger charge is -2.20. The highest BCUT2D eigenvalue weighted by Gasteiger charge is 2.14. The summed E-state index contributed by atoms with van der Waals surface area (Å²) in [6, 6.07) is 13.3. The Labute approximate surface area is 136 Å². The molecule has 0 bridgehead atoms. The third-order valence-corrected chi connectivity index (χ3v) is 3.66. The molecule has 1 aromatic carbocycles. The van der Waals surface area contributed by atoms with Crippen molar-refractivity contribution in [3.05, 3.63) is 60.1 Å². The van der Waals surface area contributed by atoms with Gasteiger partial charge in [0.15, 0.2) is 0 Å². The summed E-state index contributed by atoms with van der Waals surface area (Å²) in [6.07, 6.45) is 1.83. The maximum Gasteiger partial charge on any atom is 0.222 e. The van der Waals surface area contributed by atoms with Gasteiger partial charge in [0.1, 0.15) is 5.76 Å². The van der Waals surface area contributed by atoms with E-state index in [0.29, 0.717) is 18.8 Å². The molecule has 5 nitrogen and oxygen atoms in total. The van der Waals surface area contributed by atoms with Gasteiger partial charge in [0, 0.05) is 19.9 Å². The first-order valence-electron chi connectivity index (χ1n) is 7.68. The van der Waals surface area contributed by atoms with Crippen LogP contribution in [0.1, 0.15) is 37.6 Å². The van der Waals surface area contributed by atoms with Gasteiger partial charge in [-0.15, -0.1) is 0 Å². The SMILES string of the molecule is CC(=O)N(CCC(=O)NC(C)c1ccccc1)Cc1ccco1. The second-order valence-corrected chi connectivity index (χ2v) is 5.47. The summed E-state index contributed by atoms with van der Waals surface area (Å²) in [4.78, 5) is 25.4. The molecular weight excluding hydrogens is 292 g/mol. The monoisotopic (exact) mass is 314 g/mol. The summed E-state index contributed by atoms with van der Waals surface area (Å²) in [5.41, 5.74) is 1.06. The molecule has 0 aliphatic heterocycles. The lowest BCUT2D eigenvalue weighted by molar-refractivity contribution is -0.130. The smallest absolute Gasteiger partial charge is 0.222 e. The topological polar surface area (TPSA) is 62.6 Å². The van der Waals surface area contributed by atoms with Crippen LogP contribution in [0.5, 0.6) is 0 Å². The van der Waals surface area contributed by atoms with Crippen molar-refractivity contribution in [1.29, 1.82) is 0 Å². The molecule has 2 amide bonds. The number of benzene rings is 1. The van der Waals surface area contributed by atoms with E-state index in [4.69, 9.17) is 4.42 Å². The van der Waals surface area contributed by atoms with E-state index >= 15 is 0 Å². The summed E-state index contributed by atoms with van der Waals surface area (Å²) in [7, 11) is 0. The molecule has 0 aliphatic rings. The maximum absolute atomic E-state index is 12.1. The number of carbonyl (C=O) groups is 2. The standard InChI is InChI=1S/C18H22N2O3/c1-14(16-7-4-3-5-8-16)19-18(22)10-11-20(15(2)21)13-17-9-6-12-23-17/h3-9,12,14H,10-11,13H2,1-2H3,(H,19,22). The first-order chi connectivity index (χ1) is 11.1. The number of rotatable bonds is 7. The average molecular weight is 314 g/mol. The Morgan fingerprint density at radius 1 is 1.17 bits per heavy atom. The van der Waals surface area contributed by atoms with Crippen LogP contribution in [0.2, 0.25) is 0 Å². The van der Waals surface area contributed by atoms with E-state index in [0.717, 1.165) is 5.56 Å². The van der Waals surface area contributed by atoms with E-state index < -0.39 is 0 Å². The zero-order valence-electron chi connectivity index (χ0n) is 13.5. The van der Waals surface area contributed by atoms with Gasteiger partial charge in [-0.3, -0.25) is 9.59 Å². The Morgan fingerprint density at radius 3 is 2.52 bits per heavy atom. The molecule has 1 atom stereocenters. The van der Waals surface area contributed by atoms with Gasteiger partial charge in [-0.25, -0.2) is 0 Å². The van der Waals surface area contributed by atoms with E-state index in [1.807, 2.05) is 43.3 Å². The minimum Gasteiger partial charge on any atom is -0.467 e. The number of furan rings is 1. The van der Waals surface area contributed by atoms with E-state index in [-0.39, 0.29) is 24.3 Å². The first-order valence-corrected chi connectivity index (χ1v) is 7.68. The number of hydrogen-bond acceptors (Lipinski definition) is 3. The van der Waals surface area contributed by atoms with Crippen molar-refractivity contribution < 1.29 is 14.0 Å². The van der Waals surface area contributed by atoms with Crippen molar-refractivity contribution >= 4 is 11.8 Å². The molecule has 23 heavy (non-hydrogen) atoms. The molecule has 1 aromatic heterocycles. The number of carbonyl (C=O) groups excluding carboxylic acids is 2. The second-order valence-electron chi connectivity index (χ2n) is 5.47. The van der Waals surface area contributed by atoms with Gasteiger partial charge >= 0.3 is 0 Å². The normalized spacial score (nSPS) is 11.7. The molecule has 0 radical (unpaired) electrons. The predicted molar refractivity (Wildman–Crippen MR) is 87.4 cm³/mol. The minimum atomic E-state index is -0.0784. The largest absolute Gasteiger partial charge is 0.467 e. The Balaban J connectivity index is 1.83. The van der Waals surface area contributed by atoms with Crippen molar-refractivity contribution in [3.8, 4) is 0 Å². The Hall–Kier alpha value is -2.56. The molecule has 0 fully saturated rings. The fourth-order valence-electron chi connectivity index (χ4n) is 2.31. The average Bonchev–Trinajstić information content (AvgIpc) is 3.05. The summed E-state index contributed by atoms with van der Waals surface area (Å²) < 4.78 is 5.25. The molecule has 1 unspecified atom stereocenters. The molecule has 0 aliphatic carbocycles. The minimum absolute atomic E-state index is 0.0560. The highest BCUT2D eigenvalue weighted by atomic mass is 16.3. The van der Waals surface area contributed by atoms with Crippen LogP contribution in [0, 0.1) is 0 Å². The third kappa shape index (κ3) is 5.29. The van der Waals surface area contributed by atoms with E-state index in [1.54, 1.807) is 17.2 Å². The van der Waals surface area contributed by atoms with Crippen LogP contribution >= 0.6 is 0 Å². The summed E-state index contributed by atoms with van der Waals surface area (Å²) in [5, 5.41) is 2.95. The van der Waals surface area contributed by atoms with Gasteiger partial charge in [0.2, 0.25) is 11.8 Å². The van der Waals surface area contributed by atoms with E-state index in [2.05, 4.69) is 5.32 Å². The van der Waals surface area contributed by atoms with Crippen molar-refractivity contribution in [3.63, 3.8) is 0 Å². The molecule has 0 saturated carbocycles. The maximum atomic E-state index is 12.1. The molecule has 1 heterocycles. The third-order valence-electron chi connectivity index (χ3n) is 3.66. The molecule has 2 aromatic rings. The van der Waals surface area contributed by atoms with E-state index in [9.17, 15) is 9.59 Å². The lowest BCUT2D eigenvalue weighted by Crippen LogP contribution is -2.34. The van der Waals surface area contributed by atoms with Gasteiger partial charge < -0.3 is 14.6 Å². The van der Waals surface area contributed by atoms with Crippen LogP contribution in [0.15, 0.2) is 53.1 Å². The Bertz CT molecular complexity index is 623. The van der Waals surface area contributed by atoms with Crippen molar-refractivity contribution in [2.45, 2.75) is 32.9 Å².